The van der Waals surface area contributed by atoms with E-state index in [0.717, 1.165) is 19.4 Å². The summed E-state index contributed by atoms with van der Waals surface area (Å²) in [7, 11) is -0.0854. The van der Waals surface area contributed by atoms with E-state index in [1.807, 2.05) is 0 Å². The van der Waals surface area contributed by atoms with Crippen LogP contribution in [-0.2, 0) is 18.6 Å². The van der Waals surface area contributed by atoms with E-state index < -0.39 is 8.32 Å². The minimum atomic E-state index is -1.74. The summed E-state index contributed by atoms with van der Waals surface area (Å²) in [6.07, 6.45) is 1.98. The predicted molar refractivity (Wildman–Crippen MR) is 94.0 cm³/mol. The van der Waals surface area contributed by atoms with Crippen LogP contribution in [0.1, 0.15) is 33.6 Å². The summed E-state index contributed by atoms with van der Waals surface area (Å²) in [6.45, 7) is 13.6. The second-order valence-corrected chi connectivity index (χ2v) is 12.9. The highest BCUT2D eigenvalue weighted by molar-refractivity contribution is 6.74. The van der Waals surface area contributed by atoms with Gasteiger partial charge in [0.05, 0.1) is 19.3 Å². The normalized spacial score (nSPS) is 26.0. The van der Waals surface area contributed by atoms with Crippen LogP contribution >= 0.6 is 0 Å². The van der Waals surface area contributed by atoms with Crippen LogP contribution in [0, 0.1) is 11.8 Å². The summed E-state index contributed by atoms with van der Waals surface area (Å²) in [4.78, 5) is 0. The average molecular weight is 349 g/mol. The molecule has 0 aromatic rings. The van der Waals surface area contributed by atoms with Crippen molar-refractivity contribution in [1.29, 1.82) is 0 Å². The first-order valence-electron chi connectivity index (χ1n) is 8.64. The first-order valence-corrected chi connectivity index (χ1v) is 11.5. The fourth-order valence-corrected chi connectivity index (χ4v) is 3.66. The zero-order valence-corrected chi connectivity index (χ0v) is 16.8. The molecule has 6 heteroatoms. The Morgan fingerprint density at radius 3 is 2.30 bits per heavy atom. The minimum Gasteiger partial charge on any atom is -0.417 e. The Hall–Kier alpha value is 0.0169. The van der Waals surface area contributed by atoms with Gasteiger partial charge >= 0.3 is 0 Å². The van der Waals surface area contributed by atoms with Crippen molar-refractivity contribution in [3.05, 3.63) is 0 Å². The van der Waals surface area contributed by atoms with Crippen molar-refractivity contribution in [2.75, 3.05) is 40.3 Å². The number of aliphatic hydroxyl groups excluding tert-OH is 1. The van der Waals surface area contributed by atoms with E-state index in [9.17, 15) is 5.11 Å². The van der Waals surface area contributed by atoms with Crippen molar-refractivity contribution < 1.29 is 23.7 Å². The molecule has 23 heavy (non-hydrogen) atoms. The summed E-state index contributed by atoms with van der Waals surface area (Å²) >= 11 is 0. The standard InChI is InChI=1S/C17H36O5Si/c1-17(2,3)23(5,6)22-12-15-10-16(9-14(15)11-18)21-13-20-8-7-19-4/h14-16,18H,7-13H2,1-6H3/t14-,15+,16+/m0/s1. The van der Waals surface area contributed by atoms with E-state index in [4.69, 9.17) is 18.6 Å². The van der Waals surface area contributed by atoms with Gasteiger partial charge in [-0.3, -0.25) is 0 Å². The number of hydrogen-bond donors (Lipinski definition) is 1. The Labute approximate surface area is 142 Å². The van der Waals surface area contributed by atoms with Gasteiger partial charge in [-0.05, 0) is 42.8 Å². The lowest BCUT2D eigenvalue weighted by Crippen LogP contribution is -2.42. The molecule has 0 unspecified atom stereocenters. The Balaban J connectivity index is 2.38. The summed E-state index contributed by atoms with van der Waals surface area (Å²) < 4.78 is 22.4. The molecule has 1 rings (SSSR count). The average Bonchev–Trinajstić information content (AvgIpc) is 2.86. The highest BCUT2D eigenvalue weighted by Gasteiger charge is 2.40. The lowest BCUT2D eigenvalue weighted by molar-refractivity contribution is -0.0970. The lowest BCUT2D eigenvalue weighted by Gasteiger charge is -2.37. The summed E-state index contributed by atoms with van der Waals surface area (Å²) in [5.41, 5.74) is 0. The molecular formula is C17H36O5Si. The van der Waals surface area contributed by atoms with Gasteiger partial charge in [-0.15, -0.1) is 0 Å². The van der Waals surface area contributed by atoms with Crippen LogP contribution in [0.5, 0.6) is 0 Å². The van der Waals surface area contributed by atoms with Gasteiger partial charge in [0.25, 0.3) is 0 Å². The van der Waals surface area contributed by atoms with Crippen LogP contribution in [0.15, 0.2) is 0 Å². The molecule has 1 aliphatic rings. The molecule has 5 nitrogen and oxygen atoms in total. The second kappa shape index (κ2) is 9.49. The van der Waals surface area contributed by atoms with E-state index in [0.29, 0.717) is 25.9 Å². The predicted octanol–water partition coefficient (Wildman–Crippen LogP) is 3.03. The molecule has 1 fully saturated rings. The zero-order valence-electron chi connectivity index (χ0n) is 15.8. The number of rotatable bonds is 10. The molecule has 1 N–H and O–H groups in total. The molecule has 0 saturated heterocycles. The maximum absolute atomic E-state index is 9.64. The van der Waals surface area contributed by atoms with Crippen LogP contribution in [0.4, 0.5) is 0 Å². The molecule has 1 aliphatic carbocycles. The Bertz CT molecular complexity index is 329. The number of ether oxygens (including phenoxy) is 3. The number of hydrogen-bond acceptors (Lipinski definition) is 5. The highest BCUT2D eigenvalue weighted by Crippen LogP contribution is 2.39. The molecule has 0 aromatic carbocycles. The van der Waals surface area contributed by atoms with Gasteiger partial charge in [0.15, 0.2) is 8.32 Å². The first-order chi connectivity index (χ1) is 10.7. The van der Waals surface area contributed by atoms with Crippen LogP contribution < -0.4 is 0 Å². The van der Waals surface area contributed by atoms with Gasteiger partial charge in [0.1, 0.15) is 6.79 Å². The molecule has 3 atom stereocenters. The molecule has 0 amide bonds. The van der Waals surface area contributed by atoms with E-state index in [1.54, 1.807) is 7.11 Å². The number of methoxy groups -OCH3 is 1. The second-order valence-electron chi connectivity index (χ2n) is 8.05. The molecule has 0 radical (unpaired) electrons. The van der Waals surface area contributed by atoms with Crippen molar-refractivity contribution >= 4 is 8.32 Å². The largest absolute Gasteiger partial charge is 0.417 e. The lowest BCUT2D eigenvalue weighted by atomic mass is 9.98. The third-order valence-electron chi connectivity index (χ3n) is 5.32. The quantitative estimate of drug-likeness (QED) is 0.374. The van der Waals surface area contributed by atoms with Crippen LogP contribution in [0.2, 0.25) is 18.1 Å². The van der Waals surface area contributed by atoms with Gasteiger partial charge in [-0.2, -0.15) is 0 Å². The fourth-order valence-electron chi connectivity index (χ4n) is 2.60. The first kappa shape index (κ1) is 21.1. The van der Waals surface area contributed by atoms with E-state index >= 15 is 0 Å². The van der Waals surface area contributed by atoms with Crippen LogP contribution in [-0.4, -0.2) is 59.9 Å². The molecule has 0 aliphatic heterocycles. The third-order valence-corrected chi connectivity index (χ3v) is 9.82. The molecular weight excluding hydrogens is 312 g/mol. The van der Waals surface area contributed by atoms with Gasteiger partial charge in [0.2, 0.25) is 0 Å². The smallest absolute Gasteiger partial charge is 0.191 e. The molecule has 1 saturated carbocycles. The van der Waals surface area contributed by atoms with E-state index in [2.05, 4.69) is 33.9 Å². The maximum atomic E-state index is 9.64. The zero-order chi connectivity index (χ0) is 17.5. The van der Waals surface area contributed by atoms with Gasteiger partial charge in [0, 0.05) is 20.3 Å². The Morgan fingerprint density at radius 1 is 1.09 bits per heavy atom. The fraction of sp³-hybridized carbons (Fsp3) is 1.00. The van der Waals surface area contributed by atoms with Crippen molar-refractivity contribution in [1.82, 2.24) is 0 Å². The van der Waals surface area contributed by atoms with Crippen LogP contribution in [0.25, 0.3) is 0 Å². The van der Waals surface area contributed by atoms with Crippen molar-refractivity contribution in [2.45, 2.75) is 57.8 Å². The van der Waals surface area contributed by atoms with E-state index in [1.165, 1.54) is 0 Å². The van der Waals surface area contributed by atoms with Gasteiger partial charge in [-0.1, -0.05) is 20.8 Å². The molecule has 0 aromatic heterocycles. The topological polar surface area (TPSA) is 57.2 Å². The summed E-state index contributed by atoms with van der Waals surface area (Å²) in [6, 6.07) is 0. The maximum Gasteiger partial charge on any atom is 0.191 e. The van der Waals surface area contributed by atoms with Crippen molar-refractivity contribution in [2.24, 2.45) is 11.8 Å². The highest BCUT2D eigenvalue weighted by atomic mass is 28.4. The minimum absolute atomic E-state index is 0.155. The van der Waals surface area contributed by atoms with Crippen molar-refractivity contribution in [3.63, 3.8) is 0 Å². The molecule has 0 heterocycles. The van der Waals surface area contributed by atoms with Crippen LogP contribution in [0.3, 0.4) is 0 Å². The number of aliphatic hydroxyl groups is 1. The SMILES string of the molecule is COCCOCO[C@@H]1C[C@@H](CO)[C@@H](CO[Si](C)(C)C(C)(C)C)C1. The van der Waals surface area contributed by atoms with Gasteiger partial charge in [-0.25, -0.2) is 0 Å². The third kappa shape index (κ3) is 6.80. The molecule has 138 valence electrons. The molecule has 0 spiro atoms. The van der Waals surface area contributed by atoms with Crippen molar-refractivity contribution in [3.8, 4) is 0 Å². The summed E-state index contributed by atoms with van der Waals surface area (Å²) in [5, 5.41) is 9.85. The van der Waals surface area contributed by atoms with Gasteiger partial charge < -0.3 is 23.7 Å². The summed E-state index contributed by atoms with van der Waals surface area (Å²) in [5.74, 6) is 0.641. The molecule has 0 bridgehead atoms. The monoisotopic (exact) mass is 348 g/mol. The van der Waals surface area contributed by atoms with E-state index in [-0.39, 0.29) is 23.7 Å². The Morgan fingerprint density at radius 2 is 1.74 bits per heavy atom. The Kier molecular flexibility index (Phi) is 8.69.